The molecule has 2 N–H and O–H groups in total. The van der Waals surface area contributed by atoms with Crippen LogP contribution in [-0.4, -0.2) is 46.2 Å². The molecular weight excluding hydrogens is 276 g/mol. The summed E-state index contributed by atoms with van der Waals surface area (Å²) in [6.07, 6.45) is 3.06. The first-order valence-electron chi connectivity index (χ1n) is 6.51. The summed E-state index contributed by atoms with van der Waals surface area (Å²) in [5.41, 5.74) is 0.577. The lowest BCUT2D eigenvalue weighted by atomic mass is 10.1. The second-order valence-corrected chi connectivity index (χ2v) is 4.75. The molecule has 21 heavy (non-hydrogen) atoms. The van der Waals surface area contributed by atoms with Crippen LogP contribution in [0.1, 0.15) is 26.2 Å². The first-order chi connectivity index (χ1) is 9.81. The van der Waals surface area contributed by atoms with E-state index in [0.717, 1.165) is 0 Å². The monoisotopic (exact) mass is 294 g/mol. The zero-order valence-electron chi connectivity index (χ0n) is 11.8. The summed E-state index contributed by atoms with van der Waals surface area (Å²) in [6, 6.07) is -1.01. The van der Waals surface area contributed by atoms with E-state index in [0.29, 0.717) is 18.7 Å². The third kappa shape index (κ3) is 5.21. The maximum absolute atomic E-state index is 11.7. The fraction of sp³-hybridized carbons (Fsp3) is 0.429. The largest absolute Gasteiger partial charge is 0.481 e. The molecule has 0 fully saturated rings. The van der Waals surface area contributed by atoms with Gasteiger partial charge in [0.05, 0.1) is 12.5 Å². The third-order valence-electron chi connectivity index (χ3n) is 3.02. The van der Waals surface area contributed by atoms with Gasteiger partial charge in [0.1, 0.15) is 0 Å². The molecule has 1 aliphatic heterocycles. The standard InChI is InChI=1S/C14H18N2O5/c1-9-5-6-13(19)16(9)7-3-4-12(18)15-11(10(2)17)8-14(20)21/h5-6,11H,1,3-4,7-8H2,2H3,(H,15,18)(H,20,21). The third-order valence-corrected chi connectivity index (χ3v) is 3.02. The van der Waals surface area contributed by atoms with Crippen LogP contribution in [0.15, 0.2) is 24.4 Å². The molecule has 1 heterocycles. The van der Waals surface area contributed by atoms with Crippen LogP contribution in [-0.2, 0) is 19.2 Å². The second-order valence-electron chi connectivity index (χ2n) is 4.75. The molecule has 1 rings (SSSR count). The minimum Gasteiger partial charge on any atom is -0.481 e. The molecular formula is C14H18N2O5. The first kappa shape index (κ1) is 16.6. The van der Waals surface area contributed by atoms with E-state index in [4.69, 9.17) is 5.11 Å². The molecule has 0 radical (unpaired) electrons. The van der Waals surface area contributed by atoms with E-state index in [1.807, 2.05) is 0 Å². The lowest BCUT2D eigenvalue weighted by molar-refractivity contribution is -0.140. The van der Waals surface area contributed by atoms with Crippen molar-refractivity contribution in [3.05, 3.63) is 24.4 Å². The Hall–Kier alpha value is -2.44. The summed E-state index contributed by atoms with van der Waals surface area (Å²) >= 11 is 0. The van der Waals surface area contributed by atoms with Gasteiger partial charge in [-0.05, 0) is 19.4 Å². The van der Waals surface area contributed by atoms with Crippen molar-refractivity contribution < 1.29 is 24.3 Å². The van der Waals surface area contributed by atoms with E-state index < -0.39 is 30.1 Å². The van der Waals surface area contributed by atoms with E-state index in [1.54, 1.807) is 6.08 Å². The van der Waals surface area contributed by atoms with Gasteiger partial charge in [0.25, 0.3) is 5.91 Å². The molecule has 114 valence electrons. The molecule has 2 amide bonds. The predicted molar refractivity (Wildman–Crippen MR) is 74.1 cm³/mol. The summed E-state index contributed by atoms with van der Waals surface area (Å²) < 4.78 is 0. The summed E-state index contributed by atoms with van der Waals surface area (Å²) in [7, 11) is 0. The SMILES string of the molecule is C=C1C=CC(=O)N1CCCC(=O)NC(CC(=O)O)C(C)=O. The highest BCUT2D eigenvalue weighted by Crippen LogP contribution is 2.13. The Labute approximate surface area is 122 Å². The number of carbonyl (C=O) groups is 4. The van der Waals surface area contributed by atoms with Crippen LogP contribution in [0.5, 0.6) is 0 Å². The number of amides is 2. The van der Waals surface area contributed by atoms with Crippen molar-refractivity contribution in [2.45, 2.75) is 32.2 Å². The number of ketones is 1. The van der Waals surface area contributed by atoms with Crippen molar-refractivity contribution in [3.8, 4) is 0 Å². The molecule has 0 aliphatic carbocycles. The highest BCUT2D eigenvalue weighted by Gasteiger charge is 2.21. The quantitative estimate of drug-likeness (QED) is 0.667. The number of rotatable bonds is 8. The fourth-order valence-electron chi connectivity index (χ4n) is 1.88. The molecule has 1 atom stereocenters. The lowest BCUT2D eigenvalue weighted by Crippen LogP contribution is -2.41. The Kier molecular flexibility index (Phi) is 5.83. The van der Waals surface area contributed by atoms with E-state index in [2.05, 4.69) is 11.9 Å². The predicted octanol–water partition coefficient (Wildman–Crippen LogP) is 0.227. The van der Waals surface area contributed by atoms with Gasteiger partial charge in [-0.3, -0.25) is 19.2 Å². The number of carboxylic acid groups (broad SMARTS) is 1. The number of nitrogens with zero attached hydrogens (tertiary/aromatic N) is 1. The molecule has 0 bridgehead atoms. The summed E-state index contributed by atoms with van der Waals surface area (Å²) in [5, 5.41) is 11.0. The van der Waals surface area contributed by atoms with Crippen LogP contribution in [0.4, 0.5) is 0 Å². The average molecular weight is 294 g/mol. The summed E-state index contributed by atoms with van der Waals surface area (Å²) in [4.78, 5) is 46.4. The summed E-state index contributed by atoms with van der Waals surface area (Å²) in [5.74, 6) is -2.15. The number of hydrogen-bond donors (Lipinski definition) is 2. The van der Waals surface area contributed by atoms with Gasteiger partial charge in [-0.15, -0.1) is 0 Å². The Balaban J connectivity index is 2.36. The topological polar surface area (TPSA) is 104 Å². The Morgan fingerprint density at radius 1 is 1.38 bits per heavy atom. The molecule has 0 spiro atoms. The normalized spacial score (nSPS) is 15.2. The van der Waals surface area contributed by atoms with Crippen molar-refractivity contribution in [3.63, 3.8) is 0 Å². The fourth-order valence-corrected chi connectivity index (χ4v) is 1.88. The molecule has 1 aliphatic rings. The lowest BCUT2D eigenvalue weighted by Gasteiger charge is -2.17. The van der Waals surface area contributed by atoms with Crippen molar-refractivity contribution in [2.75, 3.05) is 6.54 Å². The zero-order valence-corrected chi connectivity index (χ0v) is 11.8. The Morgan fingerprint density at radius 2 is 2.05 bits per heavy atom. The number of Topliss-reactive ketones (excluding diaryl/α,β-unsaturated/α-hetero) is 1. The smallest absolute Gasteiger partial charge is 0.305 e. The Bertz CT molecular complexity index is 491. The van der Waals surface area contributed by atoms with Crippen LogP contribution in [0.3, 0.4) is 0 Å². The summed E-state index contributed by atoms with van der Waals surface area (Å²) in [6.45, 7) is 5.27. The maximum Gasteiger partial charge on any atom is 0.305 e. The van der Waals surface area contributed by atoms with Gasteiger partial charge in [0.15, 0.2) is 5.78 Å². The van der Waals surface area contributed by atoms with Gasteiger partial charge in [-0.25, -0.2) is 0 Å². The molecule has 7 heteroatoms. The Morgan fingerprint density at radius 3 is 2.52 bits per heavy atom. The minimum atomic E-state index is -1.15. The maximum atomic E-state index is 11.7. The van der Waals surface area contributed by atoms with Crippen LogP contribution in [0.2, 0.25) is 0 Å². The number of aliphatic carboxylic acids is 1. The number of carboxylic acids is 1. The van der Waals surface area contributed by atoms with Crippen molar-refractivity contribution in [2.24, 2.45) is 0 Å². The van der Waals surface area contributed by atoms with E-state index >= 15 is 0 Å². The minimum absolute atomic E-state index is 0.0977. The average Bonchev–Trinajstić information content (AvgIpc) is 2.69. The van der Waals surface area contributed by atoms with E-state index in [1.165, 1.54) is 17.9 Å². The van der Waals surface area contributed by atoms with E-state index in [9.17, 15) is 19.2 Å². The molecule has 7 nitrogen and oxygen atoms in total. The van der Waals surface area contributed by atoms with Crippen LogP contribution < -0.4 is 5.32 Å². The molecule has 0 aromatic carbocycles. The van der Waals surface area contributed by atoms with E-state index in [-0.39, 0.29) is 12.3 Å². The highest BCUT2D eigenvalue weighted by molar-refractivity contribution is 5.93. The number of allylic oxidation sites excluding steroid dienone is 1. The first-order valence-corrected chi connectivity index (χ1v) is 6.51. The van der Waals surface area contributed by atoms with Crippen LogP contribution in [0, 0.1) is 0 Å². The second kappa shape index (κ2) is 7.37. The molecule has 0 saturated carbocycles. The van der Waals surface area contributed by atoms with Gasteiger partial charge in [0.2, 0.25) is 5.91 Å². The van der Waals surface area contributed by atoms with Gasteiger partial charge < -0.3 is 15.3 Å². The van der Waals surface area contributed by atoms with Gasteiger partial charge in [-0.2, -0.15) is 0 Å². The van der Waals surface area contributed by atoms with Crippen LogP contribution in [0.25, 0.3) is 0 Å². The zero-order chi connectivity index (χ0) is 16.0. The van der Waals surface area contributed by atoms with Gasteiger partial charge >= 0.3 is 5.97 Å². The molecule has 1 unspecified atom stereocenters. The number of hydrogen-bond acceptors (Lipinski definition) is 4. The molecule has 0 saturated heterocycles. The van der Waals surface area contributed by atoms with Crippen molar-refractivity contribution >= 4 is 23.6 Å². The molecule has 0 aromatic rings. The van der Waals surface area contributed by atoms with Crippen LogP contribution >= 0.6 is 0 Å². The number of nitrogens with one attached hydrogen (secondary N) is 1. The van der Waals surface area contributed by atoms with Gasteiger partial charge in [0, 0.05) is 24.7 Å². The molecule has 0 aromatic heterocycles. The van der Waals surface area contributed by atoms with Gasteiger partial charge in [-0.1, -0.05) is 6.58 Å². The number of carbonyl (C=O) groups excluding carboxylic acids is 3. The van der Waals surface area contributed by atoms with Crippen molar-refractivity contribution in [1.82, 2.24) is 10.2 Å². The highest BCUT2D eigenvalue weighted by atomic mass is 16.4. The van der Waals surface area contributed by atoms with Crippen molar-refractivity contribution in [1.29, 1.82) is 0 Å².